The van der Waals surface area contributed by atoms with E-state index in [4.69, 9.17) is 5.73 Å². The summed E-state index contributed by atoms with van der Waals surface area (Å²) in [5, 5.41) is 3.02. The third-order valence-corrected chi connectivity index (χ3v) is 2.58. The van der Waals surface area contributed by atoms with Gasteiger partial charge >= 0.3 is 0 Å². The van der Waals surface area contributed by atoms with Gasteiger partial charge in [0.15, 0.2) is 0 Å². The third-order valence-electron chi connectivity index (χ3n) is 2.58. The van der Waals surface area contributed by atoms with Crippen LogP contribution in [0.2, 0.25) is 0 Å². The SMILES string of the molecule is NCCCCCC(=O)NC1CCC1. The van der Waals surface area contributed by atoms with Crippen LogP contribution < -0.4 is 11.1 Å². The molecule has 1 amide bonds. The van der Waals surface area contributed by atoms with Crippen molar-refractivity contribution in [2.45, 2.75) is 51.0 Å². The molecule has 1 saturated carbocycles. The van der Waals surface area contributed by atoms with Gasteiger partial charge in [0.05, 0.1) is 0 Å². The minimum atomic E-state index is 0.224. The van der Waals surface area contributed by atoms with Crippen molar-refractivity contribution >= 4 is 5.91 Å². The number of amides is 1. The van der Waals surface area contributed by atoms with Crippen LogP contribution >= 0.6 is 0 Å². The van der Waals surface area contributed by atoms with Gasteiger partial charge < -0.3 is 11.1 Å². The normalized spacial score (nSPS) is 16.7. The minimum absolute atomic E-state index is 0.224. The van der Waals surface area contributed by atoms with Crippen LogP contribution in [0.1, 0.15) is 44.9 Å². The van der Waals surface area contributed by atoms with Crippen molar-refractivity contribution in [3.05, 3.63) is 0 Å². The lowest BCUT2D eigenvalue weighted by molar-refractivity contribution is -0.122. The van der Waals surface area contributed by atoms with Crippen molar-refractivity contribution < 1.29 is 4.79 Å². The summed E-state index contributed by atoms with van der Waals surface area (Å²) >= 11 is 0. The van der Waals surface area contributed by atoms with E-state index in [9.17, 15) is 4.79 Å². The Labute approximate surface area is 80.1 Å². The molecule has 3 N–H and O–H groups in total. The Morgan fingerprint density at radius 1 is 1.31 bits per heavy atom. The van der Waals surface area contributed by atoms with Crippen LogP contribution in [-0.2, 0) is 4.79 Å². The van der Waals surface area contributed by atoms with Crippen molar-refractivity contribution in [3.63, 3.8) is 0 Å². The Kier molecular flexibility index (Phi) is 4.83. The fraction of sp³-hybridized carbons (Fsp3) is 0.900. The van der Waals surface area contributed by atoms with Gasteiger partial charge in [0.2, 0.25) is 5.91 Å². The van der Waals surface area contributed by atoms with Gasteiger partial charge in [-0.1, -0.05) is 6.42 Å². The molecule has 76 valence electrons. The van der Waals surface area contributed by atoms with Crippen LogP contribution in [0.25, 0.3) is 0 Å². The Balaban J connectivity index is 1.91. The minimum Gasteiger partial charge on any atom is -0.353 e. The lowest BCUT2D eigenvalue weighted by Crippen LogP contribution is -2.39. The molecule has 13 heavy (non-hydrogen) atoms. The van der Waals surface area contributed by atoms with Gasteiger partial charge in [-0.2, -0.15) is 0 Å². The van der Waals surface area contributed by atoms with Gasteiger partial charge in [-0.25, -0.2) is 0 Å². The van der Waals surface area contributed by atoms with Crippen LogP contribution in [0.3, 0.4) is 0 Å². The number of carbonyl (C=O) groups is 1. The van der Waals surface area contributed by atoms with Crippen molar-refractivity contribution in [1.82, 2.24) is 5.32 Å². The summed E-state index contributed by atoms with van der Waals surface area (Å²) in [6.45, 7) is 0.740. The highest BCUT2D eigenvalue weighted by Crippen LogP contribution is 2.18. The Bertz CT molecular complexity index is 155. The molecule has 1 aliphatic carbocycles. The Hall–Kier alpha value is -0.570. The molecule has 1 aliphatic rings. The summed E-state index contributed by atoms with van der Waals surface area (Å²) in [4.78, 5) is 11.3. The molecule has 3 heteroatoms. The van der Waals surface area contributed by atoms with Crippen molar-refractivity contribution in [2.24, 2.45) is 5.73 Å². The summed E-state index contributed by atoms with van der Waals surface area (Å²) in [6.07, 6.45) is 7.40. The molecular formula is C10H20N2O. The van der Waals surface area contributed by atoms with E-state index in [0.29, 0.717) is 12.5 Å². The summed E-state index contributed by atoms with van der Waals surface area (Å²) in [5.74, 6) is 0.224. The zero-order valence-electron chi connectivity index (χ0n) is 8.22. The standard InChI is InChI=1S/C10H20N2O/c11-8-3-1-2-7-10(13)12-9-5-4-6-9/h9H,1-8,11H2,(H,12,13). The molecule has 0 unspecified atom stereocenters. The number of nitrogens with two attached hydrogens (primary N) is 1. The van der Waals surface area contributed by atoms with Gasteiger partial charge in [-0.3, -0.25) is 4.79 Å². The molecule has 3 nitrogen and oxygen atoms in total. The van der Waals surface area contributed by atoms with Crippen LogP contribution in [-0.4, -0.2) is 18.5 Å². The molecule has 0 atom stereocenters. The largest absolute Gasteiger partial charge is 0.353 e. The lowest BCUT2D eigenvalue weighted by Gasteiger charge is -2.26. The van der Waals surface area contributed by atoms with Crippen LogP contribution in [0.5, 0.6) is 0 Å². The fourth-order valence-electron chi connectivity index (χ4n) is 1.46. The highest BCUT2D eigenvalue weighted by atomic mass is 16.1. The van der Waals surface area contributed by atoms with E-state index in [1.807, 2.05) is 0 Å². The summed E-state index contributed by atoms with van der Waals surface area (Å²) in [5.41, 5.74) is 5.36. The van der Waals surface area contributed by atoms with E-state index >= 15 is 0 Å². The number of carbonyl (C=O) groups excluding carboxylic acids is 1. The smallest absolute Gasteiger partial charge is 0.220 e. The first-order valence-corrected chi connectivity index (χ1v) is 5.32. The second-order valence-corrected chi connectivity index (χ2v) is 3.79. The van der Waals surface area contributed by atoms with E-state index in [2.05, 4.69) is 5.32 Å². The maximum absolute atomic E-state index is 11.3. The molecular weight excluding hydrogens is 164 g/mol. The first kappa shape index (κ1) is 10.5. The zero-order valence-corrected chi connectivity index (χ0v) is 8.22. The number of rotatable bonds is 6. The van der Waals surface area contributed by atoms with E-state index in [-0.39, 0.29) is 5.91 Å². The molecule has 0 aromatic carbocycles. The molecule has 1 rings (SSSR count). The first-order chi connectivity index (χ1) is 6.33. The molecule has 0 aliphatic heterocycles. The van der Waals surface area contributed by atoms with Gasteiger partial charge in [0, 0.05) is 12.5 Å². The van der Waals surface area contributed by atoms with Crippen molar-refractivity contribution in [1.29, 1.82) is 0 Å². The fourth-order valence-corrected chi connectivity index (χ4v) is 1.46. The predicted molar refractivity (Wildman–Crippen MR) is 53.3 cm³/mol. The number of unbranched alkanes of at least 4 members (excludes halogenated alkanes) is 2. The molecule has 0 saturated heterocycles. The second-order valence-electron chi connectivity index (χ2n) is 3.79. The van der Waals surface area contributed by atoms with E-state index in [0.717, 1.165) is 25.8 Å². The number of hydrogen-bond acceptors (Lipinski definition) is 2. The zero-order chi connectivity index (χ0) is 9.52. The molecule has 0 radical (unpaired) electrons. The van der Waals surface area contributed by atoms with Gasteiger partial charge in [-0.05, 0) is 38.6 Å². The topological polar surface area (TPSA) is 55.1 Å². The van der Waals surface area contributed by atoms with E-state index in [1.165, 1.54) is 19.3 Å². The monoisotopic (exact) mass is 184 g/mol. The summed E-state index contributed by atoms with van der Waals surface area (Å²) in [6, 6.07) is 0.488. The summed E-state index contributed by atoms with van der Waals surface area (Å²) in [7, 11) is 0. The van der Waals surface area contributed by atoms with E-state index < -0.39 is 0 Å². The predicted octanol–water partition coefficient (Wildman–Crippen LogP) is 1.17. The average Bonchev–Trinajstić information content (AvgIpc) is 2.06. The Morgan fingerprint density at radius 3 is 2.62 bits per heavy atom. The van der Waals surface area contributed by atoms with Gasteiger partial charge in [0.1, 0.15) is 0 Å². The van der Waals surface area contributed by atoms with Crippen molar-refractivity contribution in [2.75, 3.05) is 6.54 Å². The lowest BCUT2D eigenvalue weighted by atomic mass is 9.93. The summed E-state index contributed by atoms with van der Waals surface area (Å²) < 4.78 is 0. The number of hydrogen-bond donors (Lipinski definition) is 2. The molecule has 1 fully saturated rings. The molecule has 0 heterocycles. The Morgan fingerprint density at radius 2 is 2.08 bits per heavy atom. The quantitative estimate of drug-likeness (QED) is 0.609. The molecule has 0 aromatic rings. The number of nitrogens with one attached hydrogen (secondary N) is 1. The molecule has 0 spiro atoms. The van der Waals surface area contributed by atoms with Crippen molar-refractivity contribution in [3.8, 4) is 0 Å². The molecule has 0 aromatic heterocycles. The van der Waals surface area contributed by atoms with Crippen LogP contribution in [0.15, 0.2) is 0 Å². The highest BCUT2D eigenvalue weighted by molar-refractivity contribution is 5.76. The third kappa shape index (κ3) is 4.27. The van der Waals surface area contributed by atoms with Gasteiger partial charge in [-0.15, -0.1) is 0 Å². The highest BCUT2D eigenvalue weighted by Gasteiger charge is 2.18. The average molecular weight is 184 g/mol. The molecule has 0 bridgehead atoms. The van der Waals surface area contributed by atoms with Crippen LogP contribution in [0.4, 0.5) is 0 Å². The maximum Gasteiger partial charge on any atom is 0.220 e. The van der Waals surface area contributed by atoms with Crippen LogP contribution in [0, 0.1) is 0 Å². The second kappa shape index (κ2) is 5.97. The maximum atomic E-state index is 11.3. The van der Waals surface area contributed by atoms with E-state index in [1.54, 1.807) is 0 Å². The first-order valence-electron chi connectivity index (χ1n) is 5.32. The van der Waals surface area contributed by atoms with Gasteiger partial charge in [0.25, 0.3) is 0 Å².